The number of hydrogen-bond acceptors (Lipinski definition) is 4. The molecule has 0 aliphatic heterocycles. The number of aliphatic hydroxyl groups excluding tert-OH is 2. The van der Waals surface area contributed by atoms with E-state index in [0.717, 1.165) is 32.0 Å². The molecule has 0 saturated carbocycles. The zero-order valence-corrected chi connectivity index (χ0v) is 16.5. The van der Waals surface area contributed by atoms with Crippen LogP contribution in [0.4, 0.5) is 0 Å². The van der Waals surface area contributed by atoms with Crippen LogP contribution in [0, 0.1) is 0 Å². The molecule has 1 atom stereocenters. The van der Waals surface area contributed by atoms with Crippen molar-refractivity contribution >= 4 is 45.1 Å². The summed E-state index contributed by atoms with van der Waals surface area (Å²) in [5, 5.41) is 26.4. The molecule has 6 heteroatoms. The van der Waals surface area contributed by atoms with Crippen molar-refractivity contribution in [2.45, 2.75) is 23.9 Å². The molecule has 26 heavy (non-hydrogen) atoms. The highest BCUT2D eigenvalue weighted by Gasteiger charge is 2.24. The number of fused-ring (bicyclic) bond motifs is 2. The number of hydrogen-bond donors (Lipinski definition) is 3. The van der Waals surface area contributed by atoms with Gasteiger partial charge in [-0.3, -0.25) is 0 Å². The quantitative estimate of drug-likeness (QED) is 0.444. The Balaban J connectivity index is 0.00000243. The van der Waals surface area contributed by atoms with Gasteiger partial charge in [-0.05, 0) is 46.6 Å². The molecule has 0 fully saturated rings. The van der Waals surface area contributed by atoms with Gasteiger partial charge in [-0.15, -0.1) is 12.4 Å². The first-order valence-corrected chi connectivity index (χ1v) is 9.79. The predicted octanol–water partition coefficient (Wildman–Crippen LogP) is 2.99. The Morgan fingerprint density at radius 1 is 0.923 bits per heavy atom. The van der Waals surface area contributed by atoms with E-state index in [4.69, 9.17) is 0 Å². The second-order valence-corrected chi connectivity index (χ2v) is 7.90. The lowest BCUT2D eigenvalue weighted by Crippen LogP contribution is -2.48. The van der Waals surface area contributed by atoms with E-state index in [1.54, 1.807) is 13.2 Å². The second-order valence-electron chi connectivity index (χ2n) is 6.58. The minimum Gasteiger partial charge on any atom is -0.612 e. The normalized spacial score (nSPS) is 13.0. The fraction of sp³-hybridized carbons (Fsp3) is 0.300. The maximum Gasteiger partial charge on any atom is 0.168 e. The van der Waals surface area contributed by atoms with Gasteiger partial charge in [-0.25, -0.2) is 0 Å². The van der Waals surface area contributed by atoms with Crippen LogP contribution < -0.4 is 5.32 Å². The molecule has 0 amide bonds. The van der Waals surface area contributed by atoms with Crippen LogP contribution in [0.25, 0.3) is 21.5 Å². The van der Waals surface area contributed by atoms with Gasteiger partial charge in [-0.2, -0.15) is 0 Å². The lowest BCUT2D eigenvalue weighted by molar-refractivity contribution is 0.103. The lowest BCUT2D eigenvalue weighted by Gasteiger charge is -2.27. The summed E-state index contributed by atoms with van der Waals surface area (Å²) in [5.41, 5.74) is 0.322. The maximum atomic E-state index is 12.4. The molecule has 0 saturated heterocycles. The van der Waals surface area contributed by atoms with Gasteiger partial charge in [0.2, 0.25) is 0 Å². The van der Waals surface area contributed by atoms with Crippen molar-refractivity contribution in [2.75, 3.05) is 19.5 Å². The number of aliphatic hydroxyl groups is 2. The number of halogens is 1. The molecule has 0 aromatic heterocycles. The van der Waals surface area contributed by atoms with Crippen LogP contribution in [0.3, 0.4) is 0 Å². The molecule has 0 aliphatic rings. The Kier molecular flexibility index (Phi) is 6.91. The van der Waals surface area contributed by atoms with Crippen molar-refractivity contribution < 1.29 is 14.8 Å². The van der Waals surface area contributed by atoms with Gasteiger partial charge in [0.1, 0.15) is 6.26 Å². The van der Waals surface area contributed by atoms with Gasteiger partial charge < -0.3 is 20.1 Å². The third kappa shape index (κ3) is 3.83. The molecule has 0 bridgehead atoms. The van der Waals surface area contributed by atoms with Crippen molar-refractivity contribution in [2.24, 2.45) is 0 Å². The largest absolute Gasteiger partial charge is 0.612 e. The number of rotatable bonds is 6. The van der Waals surface area contributed by atoms with Crippen LogP contribution >= 0.6 is 12.4 Å². The SMILES string of the molecule is C[S+]([O-])c1c2ccccc2c(CNC(C)(CO)CO)c2ccccc12.Cl. The number of benzene rings is 3. The molecule has 3 N–H and O–H groups in total. The summed E-state index contributed by atoms with van der Waals surface area (Å²) in [7, 11) is 0. The van der Waals surface area contributed by atoms with Gasteiger partial charge in [0.05, 0.1) is 18.8 Å². The second kappa shape index (κ2) is 8.57. The van der Waals surface area contributed by atoms with Crippen LogP contribution in [0.2, 0.25) is 0 Å². The Bertz CT molecular complexity index is 840. The molecule has 0 heterocycles. The smallest absolute Gasteiger partial charge is 0.168 e. The van der Waals surface area contributed by atoms with E-state index in [0.29, 0.717) is 6.54 Å². The maximum absolute atomic E-state index is 12.4. The molecule has 3 aromatic carbocycles. The van der Waals surface area contributed by atoms with Crippen LogP contribution in [0.15, 0.2) is 53.4 Å². The van der Waals surface area contributed by atoms with Crippen molar-refractivity contribution in [1.29, 1.82) is 0 Å². The van der Waals surface area contributed by atoms with Crippen LogP contribution in [0.1, 0.15) is 12.5 Å². The third-order valence-corrected chi connectivity index (χ3v) is 5.69. The fourth-order valence-corrected chi connectivity index (χ4v) is 4.12. The molecule has 3 rings (SSSR count). The first-order valence-electron chi connectivity index (χ1n) is 8.23. The zero-order valence-electron chi connectivity index (χ0n) is 14.9. The molecule has 3 aromatic rings. The van der Waals surface area contributed by atoms with E-state index in [-0.39, 0.29) is 25.6 Å². The highest BCUT2D eigenvalue weighted by molar-refractivity contribution is 7.91. The van der Waals surface area contributed by atoms with E-state index < -0.39 is 16.7 Å². The van der Waals surface area contributed by atoms with E-state index in [1.165, 1.54) is 0 Å². The fourth-order valence-electron chi connectivity index (χ4n) is 3.14. The summed E-state index contributed by atoms with van der Waals surface area (Å²) in [6.07, 6.45) is 1.71. The van der Waals surface area contributed by atoms with Crippen molar-refractivity contribution in [1.82, 2.24) is 5.32 Å². The molecule has 140 valence electrons. The van der Waals surface area contributed by atoms with Crippen molar-refractivity contribution in [3.05, 3.63) is 54.1 Å². The highest BCUT2D eigenvalue weighted by Crippen LogP contribution is 2.35. The highest BCUT2D eigenvalue weighted by atomic mass is 35.5. The minimum atomic E-state index is -1.11. The van der Waals surface area contributed by atoms with Crippen LogP contribution in [-0.2, 0) is 17.7 Å². The van der Waals surface area contributed by atoms with E-state index >= 15 is 0 Å². The first kappa shape index (κ1) is 21.0. The molecular weight excluding hydrogens is 370 g/mol. The Morgan fingerprint density at radius 2 is 1.35 bits per heavy atom. The minimum absolute atomic E-state index is 0. The van der Waals surface area contributed by atoms with Crippen molar-refractivity contribution in [3.63, 3.8) is 0 Å². The predicted molar refractivity (Wildman–Crippen MR) is 110 cm³/mol. The monoisotopic (exact) mass is 393 g/mol. The van der Waals surface area contributed by atoms with Gasteiger partial charge in [-0.1, -0.05) is 36.4 Å². The topological polar surface area (TPSA) is 75.5 Å². The zero-order chi connectivity index (χ0) is 18.0. The van der Waals surface area contributed by atoms with Crippen LogP contribution in [0.5, 0.6) is 0 Å². The van der Waals surface area contributed by atoms with Gasteiger partial charge in [0, 0.05) is 17.3 Å². The summed E-state index contributed by atoms with van der Waals surface area (Å²) in [4.78, 5) is 0.849. The molecular formula is C20H24ClNO3S. The van der Waals surface area contributed by atoms with Gasteiger partial charge >= 0.3 is 0 Å². The average Bonchev–Trinajstić information content (AvgIpc) is 2.64. The third-order valence-electron chi connectivity index (χ3n) is 4.67. The summed E-state index contributed by atoms with van der Waals surface area (Å²) in [5.74, 6) is 0. The van der Waals surface area contributed by atoms with Gasteiger partial charge in [0.25, 0.3) is 0 Å². The number of nitrogens with one attached hydrogen (secondary N) is 1. The summed E-state index contributed by atoms with van der Waals surface area (Å²) in [6.45, 7) is 1.97. The summed E-state index contributed by atoms with van der Waals surface area (Å²) in [6, 6.07) is 15.9. The van der Waals surface area contributed by atoms with Crippen LogP contribution in [-0.4, -0.2) is 39.8 Å². The van der Waals surface area contributed by atoms with E-state index in [9.17, 15) is 14.8 Å². The molecule has 0 radical (unpaired) electrons. The summed E-state index contributed by atoms with van der Waals surface area (Å²) >= 11 is -1.11. The van der Waals surface area contributed by atoms with Gasteiger partial charge in [0.15, 0.2) is 4.90 Å². The van der Waals surface area contributed by atoms with E-state index in [1.807, 2.05) is 48.5 Å². The van der Waals surface area contributed by atoms with E-state index in [2.05, 4.69) is 5.32 Å². The standard InChI is InChI=1S/C20H23NO3S.ClH/c1-20(12-22,13-23)21-11-18-14-7-3-5-9-16(14)19(25(2)24)17-10-6-4-8-15(17)18;/h3-10,21-23H,11-13H2,1-2H3;1H. The Hall–Kier alpha value is -1.34. The average molecular weight is 394 g/mol. The van der Waals surface area contributed by atoms with Crippen molar-refractivity contribution in [3.8, 4) is 0 Å². The lowest BCUT2D eigenvalue weighted by atomic mass is 9.95. The molecule has 1 unspecified atom stereocenters. The molecule has 0 aliphatic carbocycles. The summed E-state index contributed by atoms with van der Waals surface area (Å²) < 4.78 is 12.4. The molecule has 4 nitrogen and oxygen atoms in total. The molecule has 0 spiro atoms. The first-order chi connectivity index (χ1) is 12.0. The Labute approximate surface area is 162 Å². The Morgan fingerprint density at radius 3 is 1.73 bits per heavy atom.